The normalized spacial score (nSPS) is 10.8. The second-order valence-electron chi connectivity index (χ2n) is 4.67. The minimum Gasteiger partial charge on any atom is -0.399 e. The second kappa shape index (κ2) is 5.32. The summed E-state index contributed by atoms with van der Waals surface area (Å²) in [6, 6.07) is 10.6. The highest BCUT2D eigenvalue weighted by Gasteiger charge is 2.06. The molecule has 0 saturated carbocycles. The molecule has 106 valence electrons. The Morgan fingerprint density at radius 3 is 2.52 bits per heavy atom. The van der Waals surface area contributed by atoms with E-state index in [1.165, 1.54) is 23.1 Å². The lowest BCUT2D eigenvalue weighted by molar-refractivity contribution is 0.574. The quantitative estimate of drug-likeness (QED) is 0.753. The maximum absolute atomic E-state index is 13.1. The maximum Gasteiger partial charge on any atom is 0.181 e. The Morgan fingerprint density at radius 1 is 1.05 bits per heavy atom. The molecular formula is C15H12F2N4. The van der Waals surface area contributed by atoms with E-state index in [4.69, 9.17) is 5.73 Å². The third kappa shape index (κ3) is 3.05. The molecule has 0 atom stereocenters. The van der Waals surface area contributed by atoms with Crippen molar-refractivity contribution in [3.05, 3.63) is 66.0 Å². The van der Waals surface area contributed by atoms with Gasteiger partial charge in [-0.1, -0.05) is 12.1 Å². The van der Waals surface area contributed by atoms with Gasteiger partial charge in [0, 0.05) is 17.3 Å². The van der Waals surface area contributed by atoms with Crippen LogP contribution < -0.4 is 5.73 Å². The Hall–Kier alpha value is -2.76. The van der Waals surface area contributed by atoms with Crippen LogP contribution in [0.15, 0.2) is 48.8 Å². The van der Waals surface area contributed by atoms with Crippen LogP contribution in [0.3, 0.4) is 0 Å². The number of benzene rings is 2. The van der Waals surface area contributed by atoms with Crippen molar-refractivity contribution in [2.75, 3.05) is 5.73 Å². The van der Waals surface area contributed by atoms with Crippen LogP contribution in [0.2, 0.25) is 0 Å². The standard InChI is InChI=1S/C15H12F2N4/c16-12-4-10(5-13(17)7-12)8-21-9-19-15(20-21)11-2-1-3-14(18)6-11/h1-7,9H,8,18H2. The summed E-state index contributed by atoms with van der Waals surface area (Å²) in [6.07, 6.45) is 1.52. The molecule has 0 unspecified atom stereocenters. The van der Waals surface area contributed by atoms with E-state index >= 15 is 0 Å². The lowest BCUT2D eigenvalue weighted by Crippen LogP contribution is -2.01. The van der Waals surface area contributed by atoms with Crippen molar-refractivity contribution in [3.8, 4) is 11.4 Å². The maximum atomic E-state index is 13.1. The summed E-state index contributed by atoms with van der Waals surface area (Å²) in [4.78, 5) is 4.18. The van der Waals surface area contributed by atoms with Crippen LogP contribution >= 0.6 is 0 Å². The van der Waals surface area contributed by atoms with Crippen molar-refractivity contribution >= 4 is 5.69 Å². The molecule has 2 N–H and O–H groups in total. The van der Waals surface area contributed by atoms with Gasteiger partial charge in [-0.25, -0.2) is 18.4 Å². The zero-order valence-corrected chi connectivity index (χ0v) is 11.0. The fourth-order valence-corrected chi connectivity index (χ4v) is 2.07. The topological polar surface area (TPSA) is 56.7 Å². The molecular weight excluding hydrogens is 274 g/mol. The number of hydrogen-bond donors (Lipinski definition) is 1. The molecule has 0 fully saturated rings. The van der Waals surface area contributed by atoms with Crippen molar-refractivity contribution in [2.45, 2.75) is 6.54 Å². The molecule has 0 amide bonds. The first-order chi connectivity index (χ1) is 10.1. The molecule has 0 aliphatic heterocycles. The van der Waals surface area contributed by atoms with Crippen LogP contribution in [0, 0.1) is 11.6 Å². The van der Waals surface area contributed by atoms with Crippen LogP contribution in [0.5, 0.6) is 0 Å². The van der Waals surface area contributed by atoms with Gasteiger partial charge in [-0.2, -0.15) is 5.10 Å². The average Bonchev–Trinajstić information content (AvgIpc) is 2.86. The Bertz CT molecular complexity index is 763. The van der Waals surface area contributed by atoms with Crippen molar-refractivity contribution in [1.29, 1.82) is 0 Å². The van der Waals surface area contributed by atoms with Crippen LogP contribution in [0.4, 0.5) is 14.5 Å². The Balaban J connectivity index is 1.85. The van der Waals surface area contributed by atoms with E-state index < -0.39 is 11.6 Å². The predicted molar refractivity (Wildman–Crippen MR) is 75.3 cm³/mol. The van der Waals surface area contributed by atoms with Crippen LogP contribution in [0.25, 0.3) is 11.4 Å². The van der Waals surface area contributed by atoms with E-state index in [0.717, 1.165) is 11.6 Å². The lowest BCUT2D eigenvalue weighted by Gasteiger charge is -2.02. The van der Waals surface area contributed by atoms with E-state index in [1.807, 2.05) is 12.1 Å². The second-order valence-corrected chi connectivity index (χ2v) is 4.67. The van der Waals surface area contributed by atoms with Crippen LogP contribution in [-0.2, 0) is 6.54 Å². The highest BCUT2D eigenvalue weighted by atomic mass is 19.1. The van der Waals surface area contributed by atoms with E-state index in [2.05, 4.69) is 10.1 Å². The number of hydrogen-bond acceptors (Lipinski definition) is 3. The number of anilines is 1. The number of nitrogen functional groups attached to an aromatic ring is 1. The zero-order valence-electron chi connectivity index (χ0n) is 11.0. The van der Waals surface area contributed by atoms with Gasteiger partial charge in [-0.05, 0) is 29.8 Å². The molecule has 21 heavy (non-hydrogen) atoms. The molecule has 0 radical (unpaired) electrons. The molecule has 4 nitrogen and oxygen atoms in total. The van der Waals surface area contributed by atoms with Gasteiger partial charge in [0.05, 0.1) is 6.54 Å². The third-order valence-electron chi connectivity index (χ3n) is 2.95. The SMILES string of the molecule is Nc1cccc(-c2ncn(Cc3cc(F)cc(F)c3)n2)c1. The number of nitrogens with two attached hydrogens (primary N) is 1. The molecule has 2 aromatic carbocycles. The largest absolute Gasteiger partial charge is 0.399 e. The molecule has 3 aromatic rings. The predicted octanol–water partition coefficient (Wildman–Crippen LogP) is 2.85. The molecule has 3 rings (SSSR count). The van der Waals surface area contributed by atoms with Gasteiger partial charge in [0.2, 0.25) is 0 Å². The first-order valence-electron chi connectivity index (χ1n) is 6.30. The fourth-order valence-electron chi connectivity index (χ4n) is 2.07. The van der Waals surface area contributed by atoms with Crippen molar-refractivity contribution in [3.63, 3.8) is 0 Å². The molecule has 0 spiro atoms. The first-order valence-corrected chi connectivity index (χ1v) is 6.30. The van der Waals surface area contributed by atoms with E-state index in [-0.39, 0.29) is 6.54 Å². The average molecular weight is 286 g/mol. The van der Waals surface area contributed by atoms with Crippen molar-refractivity contribution in [1.82, 2.24) is 14.8 Å². The molecule has 0 saturated heterocycles. The van der Waals surface area contributed by atoms with Gasteiger partial charge in [0.25, 0.3) is 0 Å². The van der Waals surface area contributed by atoms with Gasteiger partial charge in [0.1, 0.15) is 18.0 Å². The summed E-state index contributed by atoms with van der Waals surface area (Å²) in [6.45, 7) is 0.240. The minimum atomic E-state index is -0.610. The fraction of sp³-hybridized carbons (Fsp3) is 0.0667. The monoisotopic (exact) mass is 286 g/mol. The molecule has 1 heterocycles. The molecule has 0 aliphatic carbocycles. The zero-order chi connectivity index (χ0) is 14.8. The number of rotatable bonds is 3. The number of aromatic nitrogens is 3. The highest BCUT2D eigenvalue weighted by molar-refractivity contribution is 5.60. The molecule has 1 aromatic heterocycles. The smallest absolute Gasteiger partial charge is 0.181 e. The van der Waals surface area contributed by atoms with Crippen LogP contribution in [0.1, 0.15) is 5.56 Å². The van der Waals surface area contributed by atoms with E-state index in [9.17, 15) is 8.78 Å². The van der Waals surface area contributed by atoms with Gasteiger partial charge in [-0.15, -0.1) is 0 Å². The lowest BCUT2D eigenvalue weighted by atomic mass is 10.2. The Kier molecular flexibility index (Phi) is 3.35. The first kappa shape index (κ1) is 13.2. The third-order valence-corrected chi connectivity index (χ3v) is 2.95. The highest BCUT2D eigenvalue weighted by Crippen LogP contribution is 2.17. The summed E-state index contributed by atoms with van der Waals surface area (Å²) >= 11 is 0. The van der Waals surface area contributed by atoms with Gasteiger partial charge in [-0.3, -0.25) is 0 Å². The molecule has 0 aliphatic rings. The van der Waals surface area contributed by atoms with E-state index in [1.54, 1.807) is 12.1 Å². The van der Waals surface area contributed by atoms with Gasteiger partial charge >= 0.3 is 0 Å². The summed E-state index contributed by atoms with van der Waals surface area (Å²) in [5.74, 6) is -0.707. The summed E-state index contributed by atoms with van der Waals surface area (Å²) < 4.78 is 27.8. The minimum absolute atomic E-state index is 0.240. The summed E-state index contributed by atoms with van der Waals surface area (Å²) in [5, 5.41) is 4.28. The van der Waals surface area contributed by atoms with Gasteiger partial charge < -0.3 is 5.73 Å². The molecule has 6 heteroatoms. The summed E-state index contributed by atoms with van der Waals surface area (Å²) in [5.41, 5.74) is 7.61. The Morgan fingerprint density at radius 2 is 1.81 bits per heavy atom. The summed E-state index contributed by atoms with van der Waals surface area (Å²) in [7, 11) is 0. The van der Waals surface area contributed by atoms with Crippen molar-refractivity contribution in [2.24, 2.45) is 0 Å². The Labute approximate surface area is 119 Å². The van der Waals surface area contributed by atoms with E-state index in [0.29, 0.717) is 17.1 Å². The van der Waals surface area contributed by atoms with Crippen LogP contribution in [-0.4, -0.2) is 14.8 Å². The number of halogens is 2. The number of nitrogens with zero attached hydrogens (tertiary/aromatic N) is 3. The molecule has 0 bridgehead atoms. The van der Waals surface area contributed by atoms with Gasteiger partial charge in [0.15, 0.2) is 5.82 Å². The van der Waals surface area contributed by atoms with Crippen molar-refractivity contribution < 1.29 is 8.78 Å².